The summed E-state index contributed by atoms with van der Waals surface area (Å²) in [5.74, 6) is -1.76. The van der Waals surface area contributed by atoms with Crippen LogP contribution in [0, 0.1) is 6.92 Å². The molecule has 2 aromatic rings. The van der Waals surface area contributed by atoms with Crippen LogP contribution < -0.4 is 10.6 Å². The highest BCUT2D eigenvalue weighted by atomic mass is 32.2. The molecule has 0 saturated heterocycles. The number of sulfone groups is 1. The highest BCUT2D eigenvalue weighted by Crippen LogP contribution is 2.17. The summed E-state index contributed by atoms with van der Waals surface area (Å²) in [6.07, 6.45) is 0.670. The molecule has 156 valence electrons. The van der Waals surface area contributed by atoms with Gasteiger partial charge in [0.1, 0.15) is 5.75 Å². The number of para-hydroxylation sites is 1. The standard InChI is InChI=1S/C21H26N2O5S/c1-3-28-14-6-13-22-21(25)18-7-4-5-8-19(18)23-20(24)15-29(26,27)17-11-9-16(2)10-12-17/h4-5,7-12H,3,6,13-15H2,1-2H3,(H,22,25)(H,23,24). The number of carbonyl (C=O) groups is 2. The van der Waals surface area contributed by atoms with Crippen molar-refractivity contribution in [3.8, 4) is 0 Å². The molecule has 29 heavy (non-hydrogen) atoms. The van der Waals surface area contributed by atoms with E-state index in [2.05, 4.69) is 10.6 Å². The first-order valence-electron chi connectivity index (χ1n) is 9.37. The Balaban J connectivity index is 2.01. The maximum absolute atomic E-state index is 12.4. The summed E-state index contributed by atoms with van der Waals surface area (Å²) < 4.78 is 30.1. The number of ether oxygens (including phenoxy) is 1. The molecule has 0 heterocycles. The van der Waals surface area contributed by atoms with Crippen molar-refractivity contribution in [1.29, 1.82) is 0 Å². The SMILES string of the molecule is CCOCCCNC(=O)c1ccccc1NC(=O)CS(=O)(=O)c1ccc(C)cc1. The van der Waals surface area contributed by atoms with Crippen LogP contribution in [0.1, 0.15) is 29.3 Å². The number of aryl methyl sites for hydroxylation is 1. The normalized spacial score (nSPS) is 11.1. The Labute approximate surface area is 171 Å². The monoisotopic (exact) mass is 418 g/mol. The van der Waals surface area contributed by atoms with E-state index in [0.29, 0.717) is 26.2 Å². The molecule has 0 aromatic heterocycles. The van der Waals surface area contributed by atoms with Gasteiger partial charge in [0, 0.05) is 19.8 Å². The summed E-state index contributed by atoms with van der Waals surface area (Å²) in [5.41, 5.74) is 1.46. The van der Waals surface area contributed by atoms with Crippen LogP contribution in [0.15, 0.2) is 53.4 Å². The summed E-state index contributed by atoms with van der Waals surface area (Å²) in [5, 5.41) is 5.30. The predicted molar refractivity (Wildman–Crippen MR) is 112 cm³/mol. The lowest BCUT2D eigenvalue weighted by Gasteiger charge is -2.12. The molecular formula is C21H26N2O5S. The molecule has 8 heteroatoms. The lowest BCUT2D eigenvalue weighted by atomic mass is 10.1. The molecule has 0 unspecified atom stereocenters. The fraction of sp³-hybridized carbons (Fsp3) is 0.333. The van der Waals surface area contributed by atoms with Crippen LogP contribution in [0.2, 0.25) is 0 Å². The van der Waals surface area contributed by atoms with Gasteiger partial charge in [-0.15, -0.1) is 0 Å². The van der Waals surface area contributed by atoms with Gasteiger partial charge in [-0.3, -0.25) is 9.59 Å². The number of nitrogens with one attached hydrogen (secondary N) is 2. The molecule has 2 rings (SSSR count). The Hall–Kier alpha value is -2.71. The molecule has 2 aromatic carbocycles. The Morgan fingerprint density at radius 1 is 1.03 bits per heavy atom. The molecule has 0 atom stereocenters. The van der Waals surface area contributed by atoms with Crippen molar-refractivity contribution >= 4 is 27.3 Å². The Morgan fingerprint density at radius 2 is 1.72 bits per heavy atom. The first-order chi connectivity index (χ1) is 13.8. The van der Waals surface area contributed by atoms with Crippen molar-refractivity contribution in [1.82, 2.24) is 5.32 Å². The molecule has 0 spiro atoms. The minimum absolute atomic E-state index is 0.0820. The molecule has 0 aliphatic rings. The van der Waals surface area contributed by atoms with Crippen molar-refractivity contribution in [3.63, 3.8) is 0 Å². The van der Waals surface area contributed by atoms with Crippen molar-refractivity contribution in [2.75, 3.05) is 30.8 Å². The van der Waals surface area contributed by atoms with Gasteiger partial charge < -0.3 is 15.4 Å². The van der Waals surface area contributed by atoms with Gasteiger partial charge in [0.2, 0.25) is 5.91 Å². The van der Waals surface area contributed by atoms with E-state index in [4.69, 9.17) is 4.74 Å². The van der Waals surface area contributed by atoms with E-state index in [1.807, 2.05) is 13.8 Å². The van der Waals surface area contributed by atoms with Gasteiger partial charge >= 0.3 is 0 Å². The van der Waals surface area contributed by atoms with Crippen LogP contribution in [-0.4, -0.2) is 45.7 Å². The van der Waals surface area contributed by atoms with Crippen LogP contribution in [-0.2, 0) is 19.4 Å². The number of amides is 2. The summed E-state index contributed by atoms with van der Waals surface area (Å²) >= 11 is 0. The van der Waals surface area contributed by atoms with E-state index in [1.54, 1.807) is 36.4 Å². The van der Waals surface area contributed by atoms with E-state index < -0.39 is 21.5 Å². The fourth-order valence-electron chi connectivity index (χ4n) is 2.59. The third kappa shape index (κ3) is 6.99. The molecule has 2 amide bonds. The van der Waals surface area contributed by atoms with E-state index in [1.165, 1.54) is 12.1 Å². The molecule has 7 nitrogen and oxygen atoms in total. The molecule has 0 bridgehead atoms. The van der Waals surface area contributed by atoms with Crippen LogP contribution >= 0.6 is 0 Å². The molecular weight excluding hydrogens is 392 g/mol. The van der Waals surface area contributed by atoms with E-state index in [9.17, 15) is 18.0 Å². The van der Waals surface area contributed by atoms with Gasteiger partial charge in [0.15, 0.2) is 9.84 Å². The average molecular weight is 419 g/mol. The molecule has 0 radical (unpaired) electrons. The second-order valence-corrected chi connectivity index (χ2v) is 8.46. The quantitative estimate of drug-likeness (QED) is 0.578. The van der Waals surface area contributed by atoms with Gasteiger partial charge in [-0.2, -0.15) is 0 Å². The zero-order chi connectivity index (χ0) is 21.3. The lowest BCUT2D eigenvalue weighted by molar-refractivity contribution is -0.113. The topological polar surface area (TPSA) is 102 Å². The molecule has 0 saturated carbocycles. The highest BCUT2D eigenvalue weighted by molar-refractivity contribution is 7.92. The maximum atomic E-state index is 12.4. The second-order valence-electron chi connectivity index (χ2n) is 6.47. The molecule has 0 aliphatic heterocycles. The minimum atomic E-state index is -3.78. The summed E-state index contributed by atoms with van der Waals surface area (Å²) in [7, 11) is -3.78. The van der Waals surface area contributed by atoms with Gasteiger partial charge in [0.25, 0.3) is 5.91 Å². The largest absolute Gasteiger partial charge is 0.382 e. The van der Waals surface area contributed by atoms with Gasteiger partial charge in [-0.05, 0) is 44.5 Å². The fourth-order valence-corrected chi connectivity index (χ4v) is 3.73. The molecule has 0 aliphatic carbocycles. The van der Waals surface area contributed by atoms with Crippen LogP contribution in [0.4, 0.5) is 5.69 Å². The Kier molecular flexibility index (Phi) is 8.35. The van der Waals surface area contributed by atoms with Gasteiger partial charge in [0.05, 0.1) is 16.1 Å². The van der Waals surface area contributed by atoms with E-state index >= 15 is 0 Å². The summed E-state index contributed by atoms with van der Waals surface area (Å²) in [4.78, 5) is 24.8. The third-order valence-electron chi connectivity index (χ3n) is 4.10. The van der Waals surface area contributed by atoms with E-state index in [-0.39, 0.29) is 22.1 Å². The van der Waals surface area contributed by atoms with Crippen LogP contribution in [0.3, 0.4) is 0 Å². The van der Waals surface area contributed by atoms with Crippen LogP contribution in [0.5, 0.6) is 0 Å². The van der Waals surface area contributed by atoms with Crippen LogP contribution in [0.25, 0.3) is 0 Å². The number of hydrogen-bond donors (Lipinski definition) is 2. The van der Waals surface area contributed by atoms with Crippen molar-refractivity contribution in [2.24, 2.45) is 0 Å². The number of carbonyl (C=O) groups excluding carboxylic acids is 2. The highest BCUT2D eigenvalue weighted by Gasteiger charge is 2.21. The zero-order valence-corrected chi connectivity index (χ0v) is 17.4. The Morgan fingerprint density at radius 3 is 2.41 bits per heavy atom. The summed E-state index contributed by atoms with van der Waals surface area (Å²) in [6, 6.07) is 12.8. The first kappa shape index (κ1) is 22.6. The Bertz CT molecular complexity index is 940. The summed E-state index contributed by atoms with van der Waals surface area (Å²) in [6.45, 7) is 5.35. The maximum Gasteiger partial charge on any atom is 0.253 e. The second kappa shape index (κ2) is 10.7. The zero-order valence-electron chi connectivity index (χ0n) is 16.6. The molecule has 2 N–H and O–H groups in total. The predicted octanol–water partition coefficient (Wildman–Crippen LogP) is 2.56. The minimum Gasteiger partial charge on any atom is -0.382 e. The average Bonchev–Trinajstić information content (AvgIpc) is 2.68. The van der Waals surface area contributed by atoms with E-state index in [0.717, 1.165) is 5.56 Å². The van der Waals surface area contributed by atoms with Gasteiger partial charge in [-0.25, -0.2) is 8.42 Å². The number of hydrogen-bond acceptors (Lipinski definition) is 5. The van der Waals surface area contributed by atoms with Gasteiger partial charge in [-0.1, -0.05) is 29.8 Å². The van der Waals surface area contributed by atoms with Crippen molar-refractivity contribution < 1.29 is 22.7 Å². The third-order valence-corrected chi connectivity index (χ3v) is 5.73. The smallest absolute Gasteiger partial charge is 0.253 e. The first-order valence-corrected chi connectivity index (χ1v) is 11.0. The molecule has 0 fully saturated rings. The van der Waals surface area contributed by atoms with Crippen molar-refractivity contribution in [2.45, 2.75) is 25.2 Å². The number of benzene rings is 2. The van der Waals surface area contributed by atoms with Crippen molar-refractivity contribution in [3.05, 3.63) is 59.7 Å². The lowest BCUT2D eigenvalue weighted by Crippen LogP contribution is -2.28. The number of rotatable bonds is 10. The number of anilines is 1.